The summed E-state index contributed by atoms with van der Waals surface area (Å²) in [6.07, 6.45) is 0.284. The number of hydrogen-bond donors (Lipinski definition) is 6. The molecule has 0 saturated carbocycles. The SMILES string of the molecule is C=C(CC(NC)(NC)NC)C(=O)O.O=S(=O)(O)O. The third kappa shape index (κ3) is 10.1. The zero-order valence-electron chi connectivity index (χ0n) is 10.4. The van der Waals surface area contributed by atoms with Gasteiger partial charge in [-0.1, -0.05) is 6.58 Å². The number of carbonyl (C=O) groups is 1. The first-order chi connectivity index (χ1) is 8.01. The molecule has 18 heavy (non-hydrogen) atoms. The van der Waals surface area contributed by atoms with Crippen molar-refractivity contribution in [2.24, 2.45) is 0 Å². The minimum absolute atomic E-state index is 0.151. The first kappa shape index (κ1) is 19.3. The lowest BCUT2D eigenvalue weighted by atomic mass is 10.1. The van der Waals surface area contributed by atoms with Gasteiger partial charge in [0, 0.05) is 12.0 Å². The third-order valence-corrected chi connectivity index (χ3v) is 2.06. The molecular weight excluding hydrogens is 266 g/mol. The Morgan fingerprint density at radius 1 is 1.17 bits per heavy atom. The third-order valence-electron chi connectivity index (χ3n) is 2.06. The van der Waals surface area contributed by atoms with Gasteiger partial charge >= 0.3 is 16.4 Å². The Labute approximate surface area is 106 Å². The molecule has 0 radical (unpaired) electrons. The summed E-state index contributed by atoms with van der Waals surface area (Å²) in [7, 11) is 0.548. The predicted molar refractivity (Wildman–Crippen MR) is 65.5 cm³/mol. The van der Waals surface area contributed by atoms with Gasteiger partial charge < -0.3 is 5.11 Å². The first-order valence-electron chi connectivity index (χ1n) is 4.69. The number of aliphatic carboxylic acids is 1. The Bertz CT molecular complexity index is 360. The van der Waals surface area contributed by atoms with Crippen LogP contribution < -0.4 is 16.0 Å². The largest absolute Gasteiger partial charge is 0.478 e. The highest BCUT2D eigenvalue weighted by Gasteiger charge is 2.26. The van der Waals surface area contributed by atoms with Gasteiger partial charge in [0.25, 0.3) is 0 Å². The Hall–Kier alpha value is -1.04. The normalized spacial score (nSPS) is 11.4. The van der Waals surface area contributed by atoms with Crippen LogP contribution in [0.1, 0.15) is 6.42 Å². The number of carboxylic acids is 1. The van der Waals surface area contributed by atoms with Crippen LogP contribution in [-0.4, -0.2) is 55.5 Å². The maximum absolute atomic E-state index is 10.5. The Morgan fingerprint density at radius 3 is 1.61 bits per heavy atom. The minimum atomic E-state index is -4.67. The van der Waals surface area contributed by atoms with E-state index in [4.69, 9.17) is 22.6 Å². The van der Waals surface area contributed by atoms with Crippen molar-refractivity contribution in [2.75, 3.05) is 21.1 Å². The lowest BCUT2D eigenvalue weighted by Gasteiger charge is -2.32. The van der Waals surface area contributed by atoms with Crippen LogP contribution >= 0.6 is 0 Å². The monoisotopic (exact) mass is 285 g/mol. The molecule has 0 aromatic carbocycles. The van der Waals surface area contributed by atoms with Gasteiger partial charge in [0.2, 0.25) is 0 Å². The summed E-state index contributed by atoms with van der Waals surface area (Å²) >= 11 is 0. The molecule has 0 aliphatic heterocycles. The molecule has 0 aliphatic rings. The maximum Gasteiger partial charge on any atom is 0.394 e. The van der Waals surface area contributed by atoms with E-state index in [1.807, 2.05) is 0 Å². The molecule has 0 aromatic heterocycles. The van der Waals surface area contributed by atoms with Crippen molar-refractivity contribution in [3.8, 4) is 0 Å². The van der Waals surface area contributed by atoms with Gasteiger partial charge in [0.05, 0.1) is 0 Å². The summed E-state index contributed by atoms with van der Waals surface area (Å²) in [6, 6.07) is 0. The number of rotatable bonds is 6. The Kier molecular flexibility index (Phi) is 8.72. The second-order valence-corrected chi connectivity index (χ2v) is 4.08. The van der Waals surface area contributed by atoms with Crippen molar-refractivity contribution in [1.82, 2.24) is 16.0 Å². The molecule has 108 valence electrons. The molecule has 0 bridgehead atoms. The lowest BCUT2D eigenvalue weighted by Crippen LogP contribution is -2.63. The van der Waals surface area contributed by atoms with E-state index < -0.39 is 22.2 Å². The van der Waals surface area contributed by atoms with Gasteiger partial charge in [-0.3, -0.25) is 25.1 Å². The molecule has 0 amide bonds. The highest BCUT2D eigenvalue weighted by Crippen LogP contribution is 2.08. The van der Waals surface area contributed by atoms with Crippen molar-refractivity contribution < 1.29 is 27.4 Å². The predicted octanol–water partition coefficient (Wildman–Crippen LogP) is -1.32. The molecule has 6 N–H and O–H groups in total. The Morgan fingerprint density at radius 2 is 1.44 bits per heavy atom. The van der Waals surface area contributed by atoms with E-state index in [0.717, 1.165) is 0 Å². The van der Waals surface area contributed by atoms with Crippen LogP contribution in [0.15, 0.2) is 12.2 Å². The topological polar surface area (TPSA) is 148 Å². The molecule has 0 atom stereocenters. The van der Waals surface area contributed by atoms with Crippen LogP contribution in [-0.2, 0) is 15.2 Å². The fourth-order valence-corrected chi connectivity index (χ4v) is 1.04. The van der Waals surface area contributed by atoms with Gasteiger partial charge in [0.1, 0.15) is 5.79 Å². The van der Waals surface area contributed by atoms with Crippen LogP contribution in [0.3, 0.4) is 0 Å². The van der Waals surface area contributed by atoms with Gasteiger partial charge in [-0.05, 0) is 21.1 Å². The van der Waals surface area contributed by atoms with Crippen LogP contribution in [0, 0.1) is 0 Å². The zero-order chi connectivity index (χ0) is 15.0. The van der Waals surface area contributed by atoms with Crippen molar-refractivity contribution in [3.63, 3.8) is 0 Å². The van der Waals surface area contributed by atoms with E-state index in [1.54, 1.807) is 21.1 Å². The summed E-state index contributed by atoms with van der Waals surface area (Å²) in [5.74, 6) is -1.58. The molecule has 9 nitrogen and oxygen atoms in total. The van der Waals surface area contributed by atoms with E-state index in [2.05, 4.69) is 22.5 Å². The molecule has 0 aliphatic carbocycles. The number of carboxylic acid groups (broad SMARTS) is 1. The van der Waals surface area contributed by atoms with Gasteiger partial charge in [-0.15, -0.1) is 0 Å². The fourth-order valence-electron chi connectivity index (χ4n) is 1.04. The highest BCUT2D eigenvalue weighted by atomic mass is 32.3. The Balaban J connectivity index is 0. The second kappa shape index (κ2) is 8.13. The summed E-state index contributed by atoms with van der Waals surface area (Å²) < 4.78 is 31.6. The van der Waals surface area contributed by atoms with E-state index in [0.29, 0.717) is 0 Å². The van der Waals surface area contributed by atoms with E-state index >= 15 is 0 Å². The molecule has 0 unspecified atom stereocenters. The molecular formula is C8H19N3O6S. The van der Waals surface area contributed by atoms with Crippen LogP contribution in [0.2, 0.25) is 0 Å². The number of nitrogens with one attached hydrogen (secondary N) is 3. The molecule has 0 spiro atoms. The van der Waals surface area contributed by atoms with Crippen molar-refractivity contribution in [3.05, 3.63) is 12.2 Å². The fraction of sp³-hybridized carbons (Fsp3) is 0.625. The first-order valence-corrected chi connectivity index (χ1v) is 6.08. The van der Waals surface area contributed by atoms with Gasteiger partial charge in [-0.25, -0.2) is 4.79 Å². The number of hydrogen-bond acceptors (Lipinski definition) is 6. The van der Waals surface area contributed by atoms with Crippen molar-refractivity contribution in [2.45, 2.75) is 12.2 Å². The molecule has 0 saturated heterocycles. The second-order valence-electron chi connectivity index (χ2n) is 3.19. The summed E-state index contributed by atoms with van der Waals surface area (Å²) in [5.41, 5.74) is 0.151. The average Bonchev–Trinajstić information content (AvgIpc) is 2.23. The molecule has 10 heteroatoms. The van der Waals surface area contributed by atoms with Gasteiger partial charge in [0.15, 0.2) is 0 Å². The van der Waals surface area contributed by atoms with E-state index in [-0.39, 0.29) is 12.0 Å². The lowest BCUT2D eigenvalue weighted by molar-refractivity contribution is -0.133. The minimum Gasteiger partial charge on any atom is -0.478 e. The average molecular weight is 285 g/mol. The smallest absolute Gasteiger partial charge is 0.394 e. The molecule has 0 fully saturated rings. The van der Waals surface area contributed by atoms with E-state index in [1.165, 1.54) is 0 Å². The molecule has 0 rings (SSSR count). The molecule has 0 heterocycles. The summed E-state index contributed by atoms with van der Waals surface area (Å²) in [5, 5.41) is 17.5. The quantitative estimate of drug-likeness (QED) is 0.198. The highest BCUT2D eigenvalue weighted by molar-refractivity contribution is 7.79. The summed E-state index contributed by atoms with van der Waals surface area (Å²) in [6.45, 7) is 3.46. The van der Waals surface area contributed by atoms with Crippen LogP contribution in [0.25, 0.3) is 0 Å². The van der Waals surface area contributed by atoms with E-state index in [9.17, 15) is 4.79 Å². The van der Waals surface area contributed by atoms with Crippen LogP contribution in [0.4, 0.5) is 0 Å². The summed E-state index contributed by atoms with van der Waals surface area (Å²) in [4.78, 5) is 10.5. The zero-order valence-corrected chi connectivity index (χ0v) is 11.2. The standard InChI is InChI=1S/C8H17N3O2.H2O4S/c1-6(7(12)13)5-8(9-2,10-3)11-4;1-5(2,3)4/h9-11H,1,5H2,2-4H3,(H,12,13);(H2,1,2,3,4). The van der Waals surface area contributed by atoms with Crippen molar-refractivity contribution >= 4 is 16.4 Å². The van der Waals surface area contributed by atoms with Crippen molar-refractivity contribution in [1.29, 1.82) is 0 Å². The van der Waals surface area contributed by atoms with Gasteiger partial charge in [-0.2, -0.15) is 8.42 Å². The maximum atomic E-state index is 10.5. The molecule has 0 aromatic rings. The van der Waals surface area contributed by atoms with Crippen LogP contribution in [0.5, 0.6) is 0 Å².